The fourth-order valence-corrected chi connectivity index (χ4v) is 2.35. The van der Waals surface area contributed by atoms with Crippen LogP contribution < -0.4 is 11.5 Å². The first kappa shape index (κ1) is 11.1. The number of fused-ring (bicyclic) bond motifs is 1. The molecule has 0 amide bonds. The second kappa shape index (κ2) is 3.66. The zero-order chi connectivity index (χ0) is 9.47. The van der Waals surface area contributed by atoms with Crippen LogP contribution in [0.25, 0.3) is 0 Å². The highest BCUT2D eigenvalue weighted by Crippen LogP contribution is 2.27. The molecule has 1 aromatic carbocycles. The average molecular weight is 216 g/mol. The summed E-state index contributed by atoms with van der Waals surface area (Å²) < 4.78 is 32.3. The first-order chi connectivity index (χ1) is 6.09. The highest BCUT2D eigenvalue weighted by molar-refractivity contribution is 7.85. The first-order valence-electron chi connectivity index (χ1n) is 3.85. The van der Waals surface area contributed by atoms with E-state index in [1.54, 1.807) is 12.1 Å². The monoisotopic (exact) mass is 216 g/mol. The third kappa shape index (κ3) is 1.78. The predicted molar refractivity (Wildman–Crippen MR) is 51.7 cm³/mol. The van der Waals surface area contributed by atoms with Crippen LogP contribution in [0.3, 0.4) is 0 Å². The minimum atomic E-state index is -4.28. The maximum atomic E-state index is 10.8. The topological polar surface area (TPSA) is 106 Å². The van der Waals surface area contributed by atoms with Crippen molar-refractivity contribution < 1.29 is 13.0 Å². The van der Waals surface area contributed by atoms with Crippen molar-refractivity contribution in [1.29, 1.82) is 0 Å². The van der Waals surface area contributed by atoms with Crippen molar-refractivity contribution in [3.63, 3.8) is 0 Å². The molecule has 0 aliphatic carbocycles. The van der Waals surface area contributed by atoms with Crippen molar-refractivity contribution >= 4 is 10.1 Å². The SMILES string of the molecule is O=S(=O)([O-])C1NCc2ccccc21.[NH4+]. The average Bonchev–Trinajstić information content (AvgIpc) is 2.45. The van der Waals surface area contributed by atoms with Crippen molar-refractivity contribution in [3.8, 4) is 0 Å². The van der Waals surface area contributed by atoms with Crippen LogP contribution in [0, 0.1) is 0 Å². The van der Waals surface area contributed by atoms with Crippen LogP contribution in [0.5, 0.6) is 0 Å². The molecule has 1 unspecified atom stereocenters. The van der Waals surface area contributed by atoms with E-state index in [1.807, 2.05) is 12.1 Å². The summed E-state index contributed by atoms with van der Waals surface area (Å²) in [5.41, 5.74) is 1.46. The molecule has 1 aliphatic heterocycles. The molecular formula is C8H12N2O3S. The number of nitrogens with one attached hydrogen (secondary N) is 1. The molecule has 14 heavy (non-hydrogen) atoms. The fourth-order valence-electron chi connectivity index (χ4n) is 1.52. The van der Waals surface area contributed by atoms with E-state index in [9.17, 15) is 13.0 Å². The molecule has 6 heteroatoms. The van der Waals surface area contributed by atoms with Gasteiger partial charge in [-0.1, -0.05) is 24.3 Å². The molecule has 0 radical (unpaired) electrons. The highest BCUT2D eigenvalue weighted by Gasteiger charge is 2.25. The number of rotatable bonds is 1. The summed E-state index contributed by atoms with van der Waals surface area (Å²) in [6.07, 6.45) is 0. The number of hydrogen-bond acceptors (Lipinski definition) is 4. The Kier molecular flexibility index (Phi) is 2.91. The molecule has 0 bridgehead atoms. The Labute approximate surface area is 82.5 Å². The van der Waals surface area contributed by atoms with Gasteiger partial charge in [0.15, 0.2) is 0 Å². The smallest absolute Gasteiger partial charge is 0.125 e. The lowest BCUT2D eigenvalue weighted by Gasteiger charge is -2.15. The number of hydrogen-bond donors (Lipinski definition) is 2. The predicted octanol–water partition coefficient (Wildman–Crippen LogP) is 0.710. The Balaban J connectivity index is 0.000000980. The molecule has 1 aromatic rings. The fraction of sp³-hybridized carbons (Fsp3) is 0.250. The summed E-state index contributed by atoms with van der Waals surface area (Å²) in [4.78, 5) is 0. The molecule has 0 saturated carbocycles. The molecule has 78 valence electrons. The van der Waals surface area contributed by atoms with Crippen LogP contribution in [0.1, 0.15) is 16.5 Å². The minimum Gasteiger partial charge on any atom is -0.746 e. The molecule has 1 atom stereocenters. The molecule has 0 fully saturated rings. The lowest BCUT2D eigenvalue weighted by molar-refractivity contribution is 0.441. The van der Waals surface area contributed by atoms with E-state index in [2.05, 4.69) is 5.32 Å². The van der Waals surface area contributed by atoms with Crippen LogP contribution in [-0.4, -0.2) is 13.0 Å². The Morgan fingerprint density at radius 1 is 1.36 bits per heavy atom. The van der Waals surface area contributed by atoms with Gasteiger partial charge in [-0.3, -0.25) is 5.32 Å². The summed E-state index contributed by atoms with van der Waals surface area (Å²) in [6.45, 7) is 0.447. The summed E-state index contributed by atoms with van der Waals surface area (Å²) in [7, 11) is -4.28. The largest absolute Gasteiger partial charge is 0.746 e. The van der Waals surface area contributed by atoms with Gasteiger partial charge in [-0.2, -0.15) is 0 Å². The van der Waals surface area contributed by atoms with Gasteiger partial charge in [0.1, 0.15) is 15.5 Å². The van der Waals surface area contributed by atoms with Gasteiger partial charge in [-0.05, 0) is 11.1 Å². The third-order valence-corrected chi connectivity index (χ3v) is 3.10. The van der Waals surface area contributed by atoms with E-state index < -0.39 is 15.5 Å². The van der Waals surface area contributed by atoms with E-state index in [1.165, 1.54) is 0 Å². The number of benzene rings is 1. The van der Waals surface area contributed by atoms with Crippen LogP contribution in [0.2, 0.25) is 0 Å². The van der Waals surface area contributed by atoms with Crippen LogP contribution in [0.15, 0.2) is 24.3 Å². The summed E-state index contributed by atoms with van der Waals surface area (Å²) in [5, 5.41) is 1.60. The Morgan fingerprint density at radius 2 is 2.00 bits per heavy atom. The molecule has 1 heterocycles. The Bertz CT molecular complexity index is 430. The highest BCUT2D eigenvalue weighted by atomic mass is 32.2. The van der Waals surface area contributed by atoms with Gasteiger partial charge in [-0.25, -0.2) is 8.42 Å². The molecule has 0 aromatic heterocycles. The molecule has 2 rings (SSSR count). The van der Waals surface area contributed by atoms with Crippen molar-refractivity contribution in [1.82, 2.24) is 11.5 Å². The van der Waals surface area contributed by atoms with Gasteiger partial charge in [0.2, 0.25) is 0 Å². The number of quaternary nitrogens is 1. The van der Waals surface area contributed by atoms with Crippen LogP contribution in [0.4, 0.5) is 0 Å². The van der Waals surface area contributed by atoms with Gasteiger partial charge < -0.3 is 10.7 Å². The molecule has 5 nitrogen and oxygen atoms in total. The zero-order valence-electron chi connectivity index (χ0n) is 7.73. The van der Waals surface area contributed by atoms with E-state index >= 15 is 0 Å². The van der Waals surface area contributed by atoms with Gasteiger partial charge in [-0.15, -0.1) is 0 Å². The third-order valence-electron chi connectivity index (χ3n) is 2.10. The second-order valence-corrected chi connectivity index (χ2v) is 4.41. The first-order valence-corrected chi connectivity index (χ1v) is 5.32. The van der Waals surface area contributed by atoms with Gasteiger partial charge >= 0.3 is 0 Å². The molecule has 0 spiro atoms. The van der Waals surface area contributed by atoms with Crippen molar-refractivity contribution in [2.45, 2.75) is 11.9 Å². The van der Waals surface area contributed by atoms with E-state index in [4.69, 9.17) is 0 Å². The summed E-state index contributed by atoms with van der Waals surface area (Å²) in [6, 6.07) is 7.02. The summed E-state index contributed by atoms with van der Waals surface area (Å²) >= 11 is 0. The molecule has 5 N–H and O–H groups in total. The maximum absolute atomic E-state index is 10.8. The van der Waals surface area contributed by atoms with E-state index in [-0.39, 0.29) is 6.15 Å². The van der Waals surface area contributed by atoms with Crippen LogP contribution in [-0.2, 0) is 16.7 Å². The lowest BCUT2D eigenvalue weighted by atomic mass is 10.1. The van der Waals surface area contributed by atoms with Crippen LogP contribution >= 0.6 is 0 Å². The van der Waals surface area contributed by atoms with E-state index in [0.717, 1.165) is 5.56 Å². The summed E-state index contributed by atoms with van der Waals surface area (Å²) in [5.74, 6) is 0. The zero-order valence-corrected chi connectivity index (χ0v) is 8.54. The molecular weight excluding hydrogens is 204 g/mol. The Morgan fingerprint density at radius 3 is 2.64 bits per heavy atom. The van der Waals surface area contributed by atoms with Crippen molar-refractivity contribution in [2.75, 3.05) is 0 Å². The normalized spacial score (nSPS) is 19.9. The lowest BCUT2D eigenvalue weighted by Crippen LogP contribution is -2.21. The standard InChI is InChI=1S/C8H9NO3S.H3N/c10-13(11,12)8-7-4-2-1-3-6(7)5-9-8;/h1-4,8-9H,5H2,(H,10,11,12);1H3. The Hall–Kier alpha value is -0.950. The minimum absolute atomic E-state index is 0. The van der Waals surface area contributed by atoms with Gasteiger partial charge in [0.25, 0.3) is 0 Å². The molecule has 0 saturated heterocycles. The molecule has 1 aliphatic rings. The van der Waals surface area contributed by atoms with Gasteiger partial charge in [0, 0.05) is 6.54 Å². The van der Waals surface area contributed by atoms with Crippen molar-refractivity contribution in [3.05, 3.63) is 35.4 Å². The van der Waals surface area contributed by atoms with E-state index in [0.29, 0.717) is 12.1 Å². The quantitative estimate of drug-likeness (QED) is 0.674. The maximum Gasteiger partial charge on any atom is 0.125 e. The van der Waals surface area contributed by atoms with Gasteiger partial charge in [0.05, 0.1) is 0 Å². The second-order valence-electron chi connectivity index (χ2n) is 2.95. The van der Waals surface area contributed by atoms with Crippen molar-refractivity contribution in [2.24, 2.45) is 0 Å².